The number of aryl methyl sites for hydroxylation is 1. The van der Waals surface area contributed by atoms with Gasteiger partial charge in [0.1, 0.15) is 0 Å². The third kappa shape index (κ3) is 4.47. The van der Waals surface area contributed by atoms with Crippen molar-refractivity contribution in [1.29, 1.82) is 0 Å². The summed E-state index contributed by atoms with van der Waals surface area (Å²) in [5, 5.41) is 0.624. The maximum atomic E-state index is 11.9. The Morgan fingerprint density at radius 2 is 1.76 bits per heavy atom. The minimum absolute atomic E-state index is 0.314. The fourth-order valence-corrected chi connectivity index (χ4v) is 2.26. The molecule has 21 heavy (non-hydrogen) atoms. The van der Waals surface area contributed by atoms with Gasteiger partial charge in [-0.2, -0.15) is 0 Å². The molecular weight excluding hydrogens is 284 g/mol. The molecule has 0 aromatic heterocycles. The molecule has 2 rings (SSSR count). The largest absolute Gasteiger partial charge is 0.466 e. The standard InChI is InChI=1S/C18H17ClO2/c1-21-18(20)16(12-11-14-7-3-2-4-8-14)13-15-9-5-6-10-17(15)19/h2-10,13H,11-12H2,1H3/b16-13+. The summed E-state index contributed by atoms with van der Waals surface area (Å²) in [6.07, 6.45) is 3.20. The van der Waals surface area contributed by atoms with Crippen LogP contribution in [0.2, 0.25) is 5.02 Å². The number of ether oxygens (including phenoxy) is 1. The molecule has 2 aromatic carbocycles. The number of hydrogen-bond donors (Lipinski definition) is 0. The lowest BCUT2D eigenvalue weighted by Gasteiger charge is -2.07. The predicted octanol–water partition coefficient (Wildman–Crippen LogP) is 4.53. The number of carbonyl (C=O) groups excluding carboxylic acids is 1. The molecule has 0 saturated carbocycles. The zero-order valence-electron chi connectivity index (χ0n) is 11.9. The topological polar surface area (TPSA) is 26.3 Å². The second-order valence-corrected chi connectivity index (χ2v) is 5.08. The Labute approximate surface area is 130 Å². The van der Waals surface area contributed by atoms with Crippen LogP contribution in [0.25, 0.3) is 6.08 Å². The number of rotatable bonds is 5. The Hall–Kier alpha value is -2.06. The first kappa shape index (κ1) is 15.3. The van der Waals surface area contributed by atoms with Crippen molar-refractivity contribution in [3.05, 3.63) is 76.3 Å². The molecule has 0 bridgehead atoms. The average molecular weight is 301 g/mol. The Morgan fingerprint density at radius 1 is 1.10 bits per heavy atom. The van der Waals surface area contributed by atoms with Gasteiger partial charge in [-0.25, -0.2) is 4.79 Å². The van der Waals surface area contributed by atoms with Crippen molar-refractivity contribution >= 4 is 23.6 Å². The van der Waals surface area contributed by atoms with Gasteiger partial charge in [-0.15, -0.1) is 0 Å². The first-order valence-electron chi connectivity index (χ1n) is 6.78. The number of hydrogen-bond acceptors (Lipinski definition) is 2. The molecule has 0 fully saturated rings. The highest BCUT2D eigenvalue weighted by Gasteiger charge is 2.11. The Bertz CT molecular complexity index is 633. The first-order chi connectivity index (χ1) is 10.2. The van der Waals surface area contributed by atoms with E-state index in [4.69, 9.17) is 16.3 Å². The molecule has 0 aliphatic rings. The van der Waals surface area contributed by atoms with Gasteiger partial charge in [0.05, 0.1) is 7.11 Å². The van der Waals surface area contributed by atoms with Crippen molar-refractivity contribution < 1.29 is 9.53 Å². The summed E-state index contributed by atoms with van der Waals surface area (Å²) in [4.78, 5) is 11.9. The van der Waals surface area contributed by atoms with E-state index < -0.39 is 0 Å². The molecule has 0 amide bonds. The zero-order valence-corrected chi connectivity index (χ0v) is 12.6. The van der Waals surface area contributed by atoms with Crippen LogP contribution in [0.1, 0.15) is 17.5 Å². The number of halogens is 1. The Kier molecular flexibility index (Phi) is 5.59. The van der Waals surface area contributed by atoms with E-state index in [1.165, 1.54) is 12.7 Å². The van der Waals surface area contributed by atoms with Gasteiger partial charge in [0.2, 0.25) is 0 Å². The van der Waals surface area contributed by atoms with Crippen LogP contribution in [0.15, 0.2) is 60.2 Å². The van der Waals surface area contributed by atoms with Crippen molar-refractivity contribution in [2.24, 2.45) is 0 Å². The second kappa shape index (κ2) is 7.65. The van der Waals surface area contributed by atoms with Gasteiger partial charge in [0.15, 0.2) is 0 Å². The molecule has 0 atom stereocenters. The highest BCUT2D eigenvalue weighted by Crippen LogP contribution is 2.21. The molecule has 2 aromatic rings. The molecule has 0 aliphatic carbocycles. The number of carbonyl (C=O) groups is 1. The maximum absolute atomic E-state index is 11.9. The molecule has 0 saturated heterocycles. The van der Waals surface area contributed by atoms with Crippen molar-refractivity contribution in [1.82, 2.24) is 0 Å². The molecule has 0 unspecified atom stereocenters. The van der Waals surface area contributed by atoms with E-state index in [0.29, 0.717) is 17.0 Å². The highest BCUT2D eigenvalue weighted by molar-refractivity contribution is 6.32. The normalized spacial score (nSPS) is 11.2. The van der Waals surface area contributed by atoms with Gasteiger partial charge < -0.3 is 4.74 Å². The van der Waals surface area contributed by atoms with Gasteiger partial charge in [-0.3, -0.25) is 0 Å². The average Bonchev–Trinajstić information content (AvgIpc) is 2.53. The minimum Gasteiger partial charge on any atom is -0.466 e. The third-order valence-electron chi connectivity index (χ3n) is 3.21. The van der Waals surface area contributed by atoms with E-state index >= 15 is 0 Å². The summed E-state index contributed by atoms with van der Waals surface area (Å²) in [5.41, 5.74) is 2.63. The van der Waals surface area contributed by atoms with E-state index in [0.717, 1.165) is 12.0 Å². The molecule has 3 heteroatoms. The fourth-order valence-electron chi connectivity index (χ4n) is 2.07. The highest BCUT2D eigenvalue weighted by atomic mass is 35.5. The summed E-state index contributed by atoms with van der Waals surface area (Å²) in [5.74, 6) is -0.314. The number of benzene rings is 2. The zero-order chi connectivity index (χ0) is 15.1. The molecule has 0 spiro atoms. The monoisotopic (exact) mass is 300 g/mol. The third-order valence-corrected chi connectivity index (χ3v) is 3.55. The van der Waals surface area contributed by atoms with Crippen LogP contribution in [-0.2, 0) is 16.0 Å². The summed E-state index contributed by atoms with van der Waals surface area (Å²) in [7, 11) is 1.39. The maximum Gasteiger partial charge on any atom is 0.333 e. The number of esters is 1. The minimum atomic E-state index is -0.314. The lowest BCUT2D eigenvalue weighted by molar-refractivity contribution is -0.136. The van der Waals surface area contributed by atoms with E-state index in [2.05, 4.69) is 0 Å². The van der Waals surface area contributed by atoms with Crippen molar-refractivity contribution in [3.63, 3.8) is 0 Å². The van der Waals surface area contributed by atoms with Crippen LogP contribution in [0.3, 0.4) is 0 Å². The predicted molar refractivity (Wildman–Crippen MR) is 86.2 cm³/mol. The summed E-state index contributed by atoms with van der Waals surface area (Å²) < 4.78 is 4.86. The molecule has 0 N–H and O–H groups in total. The van der Waals surface area contributed by atoms with Crippen LogP contribution >= 0.6 is 11.6 Å². The Balaban J connectivity index is 2.19. The molecule has 0 aliphatic heterocycles. The summed E-state index contributed by atoms with van der Waals surface area (Å²) >= 11 is 6.14. The molecule has 2 nitrogen and oxygen atoms in total. The van der Waals surface area contributed by atoms with Gasteiger partial charge >= 0.3 is 5.97 Å². The molecule has 0 heterocycles. The lowest BCUT2D eigenvalue weighted by atomic mass is 10.0. The Morgan fingerprint density at radius 3 is 2.43 bits per heavy atom. The van der Waals surface area contributed by atoms with Crippen molar-refractivity contribution in [2.75, 3.05) is 7.11 Å². The smallest absolute Gasteiger partial charge is 0.333 e. The van der Waals surface area contributed by atoms with E-state index in [-0.39, 0.29) is 5.97 Å². The van der Waals surface area contributed by atoms with E-state index in [1.54, 1.807) is 12.1 Å². The number of methoxy groups -OCH3 is 1. The van der Waals surface area contributed by atoms with Crippen LogP contribution < -0.4 is 0 Å². The van der Waals surface area contributed by atoms with Crippen LogP contribution in [0, 0.1) is 0 Å². The molecule has 0 radical (unpaired) electrons. The fraction of sp³-hybridized carbons (Fsp3) is 0.167. The van der Waals surface area contributed by atoms with Gasteiger partial charge in [-0.1, -0.05) is 60.1 Å². The van der Waals surface area contributed by atoms with Crippen LogP contribution in [0.5, 0.6) is 0 Å². The van der Waals surface area contributed by atoms with Gasteiger partial charge in [0, 0.05) is 10.6 Å². The van der Waals surface area contributed by atoms with E-state index in [9.17, 15) is 4.79 Å². The first-order valence-corrected chi connectivity index (χ1v) is 7.16. The van der Waals surface area contributed by atoms with E-state index in [1.807, 2.05) is 48.5 Å². The van der Waals surface area contributed by atoms with Crippen molar-refractivity contribution in [2.45, 2.75) is 12.8 Å². The lowest BCUT2D eigenvalue weighted by Crippen LogP contribution is -2.06. The molecular formula is C18H17ClO2. The summed E-state index contributed by atoms with van der Waals surface area (Å²) in [6, 6.07) is 17.5. The van der Waals surface area contributed by atoms with Crippen LogP contribution in [0.4, 0.5) is 0 Å². The quantitative estimate of drug-likeness (QED) is 0.599. The summed E-state index contributed by atoms with van der Waals surface area (Å²) in [6.45, 7) is 0. The molecule has 108 valence electrons. The van der Waals surface area contributed by atoms with Gasteiger partial charge in [-0.05, 0) is 36.1 Å². The van der Waals surface area contributed by atoms with Crippen LogP contribution in [-0.4, -0.2) is 13.1 Å². The SMILES string of the molecule is COC(=O)/C(=C/c1ccccc1Cl)CCc1ccccc1. The van der Waals surface area contributed by atoms with Gasteiger partial charge in [0.25, 0.3) is 0 Å². The van der Waals surface area contributed by atoms with Crippen molar-refractivity contribution in [3.8, 4) is 0 Å². The second-order valence-electron chi connectivity index (χ2n) is 4.67.